The molecular weight excluding hydrogens is 298 g/mol. The maximum absolute atomic E-state index is 12.5. The molecule has 0 aromatic heterocycles. The second-order valence-corrected chi connectivity index (χ2v) is 7.47. The van der Waals surface area contributed by atoms with E-state index in [0.717, 1.165) is 12.1 Å². The zero-order valence-corrected chi connectivity index (χ0v) is 11.8. The van der Waals surface area contributed by atoms with Gasteiger partial charge < -0.3 is 15.3 Å². The van der Waals surface area contributed by atoms with E-state index < -0.39 is 33.4 Å². The molecule has 114 valence electrons. The van der Waals surface area contributed by atoms with Crippen LogP contribution < -0.4 is 0 Å². The molecule has 1 aromatic carbocycles. The number of sulfonamides is 1. The lowest BCUT2D eigenvalue weighted by Gasteiger charge is -2.34. The van der Waals surface area contributed by atoms with Crippen LogP contribution in [-0.4, -0.2) is 53.2 Å². The maximum atomic E-state index is 12.5. The van der Waals surface area contributed by atoms with E-state index in [4.69, 9.17) is 5.11 Å². The number of aliphatic hydroxyl groups excluding tert-OH is 1. The molecule has 3 atom stereocenters. The summed E-state index contributed by atoms with van der Waals surface area (Å²) in [6, 6.07) is 3.22. The van der Waals surface area contributed by atoms with Crippen molar-refractivity contribution >= 4 is 16.0 Å². The fourth-order valence-electron chi connectivity index (χ4n) is 3.02. The molecule has 1 saturated heterocycles. The molecule has 21 heavy (non-hydrogen) atoms. The van der Waals surface area contributed by atoms with Crippen molar-refractivity contribution in [2.75, 3.05) is 13.1 Å². The molecule has 1 heterocycles. The number of rotatable bonds is 3. The number of hydrogen-bond acceptors (Lipinski definition) is 5. The van der Waals surface area contributed by atoms with Crippen LogP contribution in [0.5, 0.6) is 5.75 Å². The van der Waals surface area contributed by atoms with Gasteiger partial charge in [0.1, 0.15) is 11.3 Å². The van der Waals surface area contributed by atoms with Crippen molar-refractivity contribution in [2.24, 2.45) is 11.8 Å². The van der Waals surface area contributed by atoms with Crippen molar-refractivity contribution < 1.29 is 28.5 Å². The summed E-state index contributed by atoms with van der Waals surface area (Å²) in [4.78, 5) is 10.8. The predicted octanol–water partition coefficient (Wildman–Crippen LogP) is 0.0917. The molecule has 0 bridgehead atoms. The summed E-state index contributed by atoms with van der Waals surface area (Å²) in [7, 11) is -3.81. The zero-order valence-electron chi connectivity index (χ0n) is 11.0. The topological polar surface area (TPSA) is 115 Å². The zero-order chi connectivity index (χ0) is 15.4. The Morgan fingerprint density at radius 2 is 2.00 bits per heavy atom. The van der Waals surface area contributed by atoms with Crippen molar-refractivity contribution in [3.05, 3.63) is 23.8 Å². The maximum Gasteiger partial charge on any atom is 0.339 e. The highest BCUT2D eigenvalue weighted by atomic mass is 32.2. The van der Waals surface area contributed by atoms with Crippen molar-refractivity contribution in [1.82, 2.24) is 4.31 Å². The Bertz CT molecular complexity index is 701. The van der Waals surface area contributed by atoms with Crippen molar-refractivity contribution in [3.63, 3.8) is 0 Å². The van der Waals surface area contributed by atoms with Crippen LogP contribution in [-0.2, 0) is 10.0 Å². The molecule has 1 saturated carbocycles. The third-order valence-corrected chi connectivity index (χ3v) is 6.16. The van der Waals surface area contributed by atoms with E-state index in [9.17, 15) is 23.4 Å². The molecule has 3 N–H and O–H groups in total. The van der Waals surface area contributed by atoms with Crippen molar-refractivity contribution in [1.29, 1.82) is 0 Å². The summed E-state index contributed by atoms with van der Waals surface area (Å²) in [5.41, 5.74) is -0.446. The van der Waals surface area contributed by atoms with Crippen molar-refractivity contribution in [2.45, 2.75) is 17.4 Å². The van der Waals surface area contributed by atoms with Gasteiger partial charge in [0.25, 0.3) is 0 Å². The summed E-state index contributed by atoms with van der Waals surface area (Å²) in [5.74, 6) is -1.72. The number of aliphatic hydroxyl groups is 1. The van der Waals surface area contributed by atoms with Crippen LogP contribution in [0.3, 0.4) is 0 Å². The van der Waals surface area contributed by atoms with E-state index in [2.05, 4.69) is 0 Å². The molecule has 0 spiro atoms. The van der Waals surface area contributed by atoms with Crippen LogP contribution in [0, 0.1) is 11.8 Å². The molecule has 3 rings (SSSR count). The van der Waals surface area contributed by atoms with Gasteiger partial charge in [-0.15, -0.1) is 0 Å². The summed E-state index contributed by atoms with van der Waals surface area (Å²) in [5, 5.41) is 28.0. The first-order valence-corrected chi connectivity index (χ1v) is 7.99. The molecule has 2 fully saturated rings. The number of benzene rings is 1. The average Bonchev–Trinajstić information content (AvgIpc) is 2.76. The van der Waals surface area contributed by atoms with Gasteiger partial charge in [0.2, 0.25) is 10.0 Å². The Balaban J connectivity index is 1.92. The summed E-state index contributed by atoms with van der Waals surface area (Å²) < 4.78 is 26.3. The highest BCUT2D eigenvalue weighted by Crippen LogP contribution is 2.42. The summed E-state index contributed by atoms with van der Waals surface area (Å²) in [6.45, 7) is 0.588. The number of nitrogens with zero attached hydrogens (tertiary/aromatic N) is 1. The second kappa shape index (κ2) is 4.69. The van der Waals surface area contributed by atoms with Crippen LogP contribution in [0.15, 0.2) is 23.1 Å². The smallest absolute Gasteiger partial charge is 0.339 e. The van der Waals surface area contributed by atoms with E-state index in [0.29, 0.717) is 13.0 Å². The van der Waals surface area contributed by atoms with Crippen LogP contribution in [0.25, 0.3) is 0 Å². The number of fused-ring (bicyclic) bond motifs is 1. The van der Waals surface area contributed by atoms with Gasteiger partial charge in [-0.3, -0.25) is 0 Å². The van der Waals surface area contributed by atoms with Gasteiger partial charge in [-0.25, -0.2) is 13.2 Å². The van der Waals surface area contributed by atoms with E-state index >= 15 is 0 Å². The van der Waals surface area contributed by atoms with Crippen LogP contribution >= 0.6 is 0 Å². The SMILES string of the molecule is O=C(O)c1cc(S(=O)(=O)N2CC3CC(O)C3C2)ccc1O. The van der Waals surface area contributed by atoms with E-state index in [1.54, 1.807) is 0 Å². The Hall–Kier alpha value is -1.64. The van der Waals surface area contributed by atoms with Crippen molar-refractivity contribution in [3.8, 4) is 5.75 Å². The molecule has 0 radical (unpaired) electrons. The minimum absolute atomic E-state index is 0.0316. The van der Waals surface area contributed by atoms with Gasteiger partial charge >= 0.3 is 5.97 Å². The fraction of sp³-hybridized carbons (Fsp3) is 0.462. The number of carboxylic acids is 1. The van der Waals surface area contributed by atoms with Gasteiger partial charge in [0.05, 0.1) is 11.0 Å². The van der Waals surface area contributed by atoms with Gasteiger partial charge in [0, 0.05) is 19.0 Å². The van der Waals surface area contributed by atoms with Gasteiger partial charge in [0.15, 0.2) is 0 Å². The largest absolute Gasteiger partial charge is 0.507 e. The Morgan fingerprint density at radius 3 is 2.57 bits per heavy atom. The molecule has 1 aromatic rings. The summed E-state index contributed by atoms with van der Waals surface area (Å²) in [6.07, 6.45) is 0.150. The molecule has 3 unspecified atom stereocenters. The third-order valence-electron chi connectivity index (χ3n) is 4.33. The van der Waals surface area contributed by atoms with Gasteiger partial charge in [-0.2, -0.15) is 4.31 Å². The standard InChI is InChI=1S/C13H15NO6S/c15-11-2-1-8(4-9(11)13(17)18)21(19,20)14-5-7-3-12(16)10(7)6-14/h1-2,4,7,10,12,15-16H,3,5-6H2,(H,17,18). The Labute approximate surface area is 121 Å². The second-order valence-electron chi connectivity index (χ2n) is 5.53. The Kier molecular flexibility index (Phi) is 3.19. The predicted molar refractivity (Wildman–Crippen MR) is 71.4 cm³/mol. The molecule has 2 aliphatic rings. The molecule has 1 aliphatic carbocycles. The lowest BCUT2D eigenvalue weighted by Crippen LogP contribution is -2.39. The molecule has 0 amide bonds. The van der Waals surface area contributed by atoms with E-state index in [1.807, 2.05) is 0 Å². The number of aromatic carboxylic acids is 1. The number of phenols is 1. The first-order chi connectivity index (χ1) is 9.80. The van der Waals surface area contributed by atoms with Crippen LogP contribution in [0.1, 0.15) is 16.8 Å². The lowest BCUT2D eigenvalue weighted by molar-refractivity contribution is -0.00416. The van der Waals surface area contributed by atoms with Crippen LogP contribution in [0.4, 0.5) is 0 Å². The minimum Gasteiger partial charge on any atom is -0.507 e. The first-order valence-electron chi connectivity index (χ1n) is 6.55. The number of carboxylic acid groups (broad SMARTS) is 1. The number of hydrogen-bond donors (Lipinski definition) is 3. The molecular formula is C13H15NO6S. The highest BCUT2D eigenvalue weighted by Gasteiger charge is 2.49. The van der Waals surface area contributed by atoms with E-state index in [-0.39, 0.29) is 23.3 Å². The molecule has 8 heteroatoms. The summed E-state index contributed by atoms with van der Waals surface area (Å²) >= 11 is 0. The number of aromatic hydroxyl groups is 1. The van der Waals surface area contributed by atoms with Gasteiger partial charge in [-0.05, 0) is 30.5 Å². The van der Waals surface area contributed by atoms with Crippen LogP contribution in [0.2, 0.25) is 0 Å². The quantitative estimate of drug-likeness (QED) is 0.728. The molecule has 7 nitrogen and oxygen atoms in total. The monoisotopic (exact) mass is 313 g/mol. The minimum atomic E-state index is -3.81. The first kappa shape index (κ1) is 14.3. The number of carbonyl (C=O) groups is 1. The fourth-order valence-corrected chi connectivity index (χ4v) is 4.58. The highest BCUT2D eigenvalue weighted by molar-refractivity contribution is 7.89. The van der Waals surface area contributed by atoms with E-state index in [1.165, 1.54) is 10.4 Å². The third kappa shape index (κ3) is 2.19. The lowest BCUT2D eigenvalue weighted by atomic mass is 9.74. The average molecular weight is 313 g/mol. The normalized spacial score (nSPS) is 28.9. The Morgan fingerprint density at radius 1 is 1.29 bits per heavy atom. The molecule has 1 aliphatic heterocycles. The van der Waals surface area contributed by atoms with Gasteiger partial charge in [-0.1, -0.05) is 0 Å².